The molecule has 0 saturated carbocycles. The molecular formula is C25H34N2O5. The summed E-state index contributed by atoms with van der Waals surface area (Å²) in [6.07, 6.45) is 6.35. The minimum Gasteiger partial charge on any atom is -0.508 e. The Bertz CT molecular complexity index is 852. The maximum absolute atomic E-state index is 12.6. The number of benzene rings is 1. The fourth-order valence-electron chi connectivity index (χ4n) is 3.58. The fourth-order valence-corrected chi connectivity index (χ4v) is 3.58. The van der Waals surface area contributed by atoms with Gasteiger partial charge in [-0.2, -0.15) is 0 Å². The Morgan fingerprint density at radius 3 is 2.41 bits per heavy atom. The number of imide groups is 1. The number of aromatic hydroxyl groups is 1. The molecule has 174 valence electrons. The van der Waals surface area contributed by atoms with E-state index in [9.17, 15) is 24.3 Å². The predicted molar refractivity (Wildman–Crippen MR) is 122 cm³/mol. The molecular weight excluding hydrogens is 408 g/mol. The zero-order valence-corrected chi connectivity index (χ0v) is 19.2. The summed E-state index contributed by atoms with van der Waals surface area (Å²) in [4.78, 5) is 50.0. The lowest BCUT2D eigenvalue weighted by atomic mass is 9.89. The molecule has 0 aliphatic carbocycles. The van der Waals surface area contributed by atoms with Gasteiger partial charge in [0.2, 0.25) is 11.8 Å². The largest absolute Gasteiger partial charge is 0.508 e. The highest BCUT2D eigenvalue weighted by Crippen LogP contribution is 2.22. The van der Waals surface area contributed by atoms with Crippen LogP contribution in [0.1, 0.15) is 64.9 Å². The van der Waals surface area contributed by atoms with Crippen LogP contribution in [0.15, 0.2) is 36.4 Å². The van der Waals surface area contributed by atoms with Crippen LogP contribution in [0, 0.1) is 5.41 Å². The van der Waals surface area contributed by atoms with Gasteiger partial charge in [0.25, 0.3) is 5.91 Å². The van der Waals surface area contributed by atoms with Gasteiger partial charge in [-0.05, 0) is 42.4 Å². The van der Waals surface area contributed by atoms with E-state index in [1.807, 2.05) is 0 Å². The highest BCUT2D eigenvalue weighted by atomic mass is 16.3. The predicted octanol–water partition coefficient (Wildman–Crippen LogP) is 3.30. The molecule has 0 unspecified atom stereocenters. The van der Waals surface area contributed by atoms with Crippen LogP contribution in [0.4, 0.5) is 0 Å². The van der Waals surface area contributed by atoms with Gasteiger partial charge in [0.05, 0.1) is 12.5 Å². The van der Waals surface area contributed by atoms with Crippen LogP contribution in [0.5, 0.6) is 5.75 Å². The molecule has 32 heavy (non-hydrogen) atoms. The van der Waals surface area contributed by atoms with Gasteiger partial charge in [0, 0.05) is 25.5 Å². The third kappa shape index (κ3) is 8.65. The molecule has 7 heteroatoms. The molecule has 2 rings (SSSR count). The van der Waals surface area contributed by atoms with E-state index in [0.717, 1.165) is 29.7 Å². The average molecular weight is 443 g/mol. The van der Waals surface area contributed by atoms with Crippen molar-refractivity contribution in [1.82, 2.24) is 10.2 Å². The Balaban J connectivity index is 1.72. The Kier molecular flexibility index (Phi) is 9.17. The van der Waals surface area contributed by atoms with Gasteiger partial charge in [0.1, 0.15) is 11.5 Å². The lowest BCUT2D eigenvalue weighted by molar-refractivity contribution is -0.143. The van der Waals surface area contributed by atoms with Crippen molar-refractivity contribution in [1.29, 1.82) is 0 Å². The molecule has 1 aliphatic rings. The lowest BCUT2D eigenvalue weighted by Crippen LogP contribution is -2.41. The second-order valence-electron chi connectivity index (χ2n) is 9.48. The molecule has 3 amide bonds. The van der Waals surface area contributed by atoms with E-state index in [-0.39, 0.29) is 42.2 Å². The molecule has 1 heterocycles. The number of Topliss-reactive ketones (excluding diaryl/α,β-unsaturated/α-hetero) is 1. The quantitative estimate of drug-likeness (QED) is 0.404. The van der Waals surface area contributed by atoms with Crippen molar-refractivity contribution in [2.24, 2.45) is 5.41 Å². The summed E-state index contributed by atoms with van der Waals surface area (Å²) in [6.45, 7) is 6.69. The maximum Gasteiger partial charge on any atom is 0.253 e. The van der Waals surface area contributed by atoms with Crippen molar-refractivity contribution >= 4 is 23.5 Å². The van der Waals surface area contributed by atoms with Gasteiger partial charge in [-0.25, -0.2) is 0 Å². The van der Waals surface area contributed by atoms with E-state index in [1.165, 1.54) is 6.08 Å². The fraction of sp³-hybridized carbons (Fsp3) is 0.520. The highest BCUT2D eigenvalue weighted by molar-refractivity contribution is 6.09. The molecule has 0 saturated heterocycles. The van der Waals surface area contributed by atoms with Crippen LogP contribution >= 0.6 is 0 Å². The Morgan fingerprint density at radius 1 is 1.06 bits per heavy atom. The molecule has 0 fully saturated rings. The molecule has 0 bridgehead atoms. The molecule has 1 aromatic rings. The summed E-state index contributed by atoms with van der Waals surface area (Å²) in [5.74, 6) is -1.24. The Labute approximate surface area is 189 Å². The van der Waals surface area contributed by atoms with Crippen LogP contribution in [-0.2, 0) is 25.6 Å². The Morgan fingerprint density at radius 2 is 1.75 bits per heavy atom. The number of carbonyl (C=O) groups is 4. The van der Waals surface area contributed by atoms with Crippen LogP contribution in [0.2, 0.25) is 0 Å². The van der Waals surface area contributed by atoms with Crippen LogP contribution < -0.4 is 5.32 Å². The molecule has 7 nitrogen and oxygen atoms in total. The minimum absolute atomic E-state index is 0.0531. The molecule has 0 spiro atoms. The summed E-state index contributed by atoms with van der Waals surface area (Å²) in [5, 5.41) is 12.1. The molecule has 0 radical (unpaired) electrons. The number of phenols is 1. The summed E-state index contributed by atoms with van der Waals surface area (Å²) >= 11 is 0. The van der Waals surface area contributed by atoms with Gasteiger partial charge < -0.3 is 10.4 Å². The number of ketones is 1. The summed E-state index contributed by atoms with van der Waals surface area (Å²) in [5.41, 5.74) is 1.12. The number of rotatable bonds is 11. The van der Waals surface area contributed by atoms with Crippen LogP contribution in [0.25, 0.3) is 0 Å². The zero-order chi connectivity index (χ0) is 23.7. The first-order valence-electron chi connectivity index (χ1n) is 11.2. The standard InChI is InChI=1S/C25H34N2O5/c1-25(2,3)14-5-4-6-22(30)26-15-13-21(29)17-24(32)27-19(9-12-23(27)31)16-18-7-10-20(28)11-8-18/h7-12,19,28H,4-6,13-17H2,1-3H3,(H,26,30)/t19-/m0/s1. The number of hydrogen-bond acceptors (Lipinski definition) is 5. The van der Waals surface area contributed by atoms with Gasteiger partial charge >= 0.3 is 0 Å². The number of phenolic OH excluding ortho intramolecular Hbond substituents is 1. The lowest BCUT2D eigenvalue weighted by Gasteiger charge is -2.22. The van der Waals surface area contributed by atoms with E-state index < -0.39 is 17.9 Å². The number of nitrogens with zero attached hydrogens (tertiary/aromatic N) is 1. The van der Waals surface area contributed by atoms with Gasteiger partial charge in [-0.1, -0.05) is 45.4 Å². The number of amides is 3. The number of unbranched alkanes of at least 4 members (excludes halogenated alkanes) is 1. The van der Waals surface area contributed by atoms with E-state index in [0.29, 0.717) is 12.8 Å². The van der Waals surface area contributed by atoms with Crippen LogP contribution in [-0.4, -0.2) is 46.1 Å². The molecule has 1 aromatic carbocycles. The summed E-state index contributed by atoms with van der Waals surface area (Å²) in [6, 6.07) is 6.09. The number of nitrogens with one attached hydrogen (secondary N) is 1. The van der Waals surface area contributed by atoms with Crippen molar-refractivity contribution in [2.75, 3.05) is 6.54 Å². The van der Waals surface area contributed by atoms with E-state index in [4.69, 9.17) is 0 Å². The second kappa shape index (κ2) is 11.6. The van der Waals surface area contributed by atoms with Crippen LogP contribution in [0.3, 0.4) is 0 Å². The number of hydrogen-bond donors (Lipinski definition) is 2. The first-order valence-corrected chi connectivity index (χ1v) is 11.2. The van der Waals surface area contributed by atoms with Crippen molar-refractivity contribution < 1.29 is 24.3 Å². The minimum atomic E-state index is -0.540. The normalized spacial score (nSPS) is 15.8. The Hall–Kier alpha value is -2.96. The van der Waals surface area contributed by atoms with Crippen molar-refractivity contribution in [3.05, 3.63) is 42.0 Å². The summed E-state index contributed by atoms with van der Waals surface area (Å²) < 4.78 is 0. The van der Waals surface area contributed by atoms with Gasteiger partial charge in [-0.3, -0.25) is 24.1 Å². The van der Waals surface area contributed by atoms with Crippen molar-refractivity contribution in [3.8, 4) is 5.75 Å². The van der Waals surface area contributed by atoms with E-state index in [1.54, 1.807) is 30.3 Å². The SMILES string of the molecule is CC(C)(C)CCCCC(=O)NCCC(=O)CC(=O)N1C(=O)C=C[C@H]1Cc1ccc(O)cc1. The maximum atomic E-state index is 12.6. The highest BCUT2D eigenvalue weighted by Gasteiger charge is 2.32. The summed E-state index contributed by atoms with van der Waals surface area (Å²) in [7, 11) is 0. The molecule has 1 atom stereocenters. The smallest absolute Gasteiger partial charge is 0.253 e. The third-order valence-corrected chi connectivity index (χ3v) is 5.33. The monoisotopic (exact) mass is 442 g/mol. The van der Waals surface area contributed by atoms with Crippen molar-refractivity contribution in [2.45, 2.75) is 71.8 Å². The second-order valence-corrected chi connectivity index (χ2v) is 9.48. The number of carbonyl (C=O) groups excluding carboxylic acids is 4. The third-order valence-electron chi connectivity index (χ3n) is 5.33. The molecule has 1 aliphatic heterocycles. The van der Waals surface area contributed by atoms with E-state index in [2.05, 4.69) is 26.1 Å². The van der Waals surface area contributed by atoms with E-state index >= 15 is 0 Å². The average Bonchev–Trinajstić information content (AvgIpc) is 3.06. The first-order chi connectivity index (χ1) is 15.0. The molecule has 0 aromatic heterocycles. The molecule has 2 N–H and O–H groups in total. The topological polar surface area (TPSA) is 104 Å². The van der Waals surface area contributed by atoms with Gasteiger partial charge in [-0.15, -0.1) is 0 Å². The van der Waals surface area contributed by atoms with Crippen molar-refractivity contribution in [3.63, 3.8) is 0 Å². The zero-order valence-electron chi connectivity index (χ0n) is 19.2. The van der Waals surface area contributed by atoms with Gasteiger partial charge in [0.15, 0.2) is 0 Å². The first kappa shape index (κ1) is 25.3.